The molecule has 5 rings (SSSR count). The largest absolute Gasteiger partial charge is 0.486 e. The van der Waals surface area contributed by atoms with Crippen LogP contribution in [0.3, 0.4) is 0 Å². The van der Waals surface area contributed by atoms with Gasteiger partial charge in [0.05, 0.1) is 0 Å². The van der Waals surface area contributed by atoms with E-state index in [4.69, 9.17) is 13.9 Å². The molecule has 0 atom stereocenters. The van der Waals surface area contributed by atoms with Gasteiger partial charge in [0.15, 0.2) is 22.7 Å². The van der Waals surface area contributed by atoms with Crippen LogP contribution in [0.15, 0.2) is 59.1 Å². The number of carbonyl (C=O) groups is 1. The molecule has 2 aromatic heterocycles. The van der Waals surface area contributed by atoms with E-state index in [0.717, 1.165) is 11.1 Å². The molecule has 7 nitrogen and oxygen atoms in total. The second-order valence-electron chi connectivity index (χ2n) is 6.69. The zero-order valence-electron chi connectivity index (χ0n) is 15.6. The van der Waals surface area contributed by atoms with Gasteiger partial charge in [0, 0.05) is 23.0 Å². The standard InChI is InChI=1S/C22H17N3O4/c1-13-11-15(22-25-20-18(29-22)3-2-8-23-20)4-6-16(13)24-21(26)14-5-7-17-19(12-14)28-10-9-27-17/h2-8,11-12H,9-10H2,1H3,(H,24,26). The normalized spacial score (nSPS) is 12.7. The summed E-state index contributed by atoms with van der Waals surface area (Å²) >= 11 is 0. The molecular formula is C22H17N3O4. The Kier molecular flexibility index (Phi) is 4.13. The number of fused-ring (bicyclic) bond motifs is 2. The third-order valence-electron chi connectivity index (χ3n) is 4.69. The second-order valence-corrected chi connectivity index (χ2v) is 6.69. The quantitative estimate of drug-likeness (QED) is 0.566. The summed E-state index contributed by atoms with van der Waals surface area (Å²) < 4.78 is 16.8. The highest BCUT2D eigenvalue weighted by atomic mass is 16.6. The monoisotopic (exact) mass is 387 g/mol. The predicted octanol–water partition coefficient (Wildman–Crippen LogP) is 4.22. The maximum atomic E-state index is 12.7. The SMILES string of the molecule is Cc1cc(-c2nc3ncccc3o2)ccc1NC(=O)c1ccc2c(c1)OCCO2. The van der Waals surface area contributed by atoms with Crippen molar-refractivity contribution >= 4 is 22.8 Å². The van der Waals surface area contributed by atoms with Crippen molar-refractivity contribution in [3.05, 3.63) is 65.9 Å². The van der Waals surface area contributed by atoms with E-state index in [1.165, 1.54) is 0 Å². The summed E-state index contributed by atoms with van der Waals surface area (Å²) in [5.41, 5.74) is 4.12. The molecule has 0 saturated carbocycles. The van der Waals surface area contributed by atoms with Gasteiger partial charge in [-0.3, -0.25) is 4.79 Å². The van der Waals surface area contributed by atoms with Crippen molar-refractivity contribution in [2.75, 3.05) is 18.5 Å². The molecule has 1 aliphatic heterocycles. The lowest BCUT2D eigenvalue weighted by Crippen LogP contribution is -2.17. The van der Waals surface area contributed by atoms with Crippen molar-refractivity contribution in [3.8, 4) is 23.0 Å². The minimum atomic E-state index is -0.219. The first kappa shape index (κ1) is 17.2. The van der Waals surface area contributed by atoms with E-state index in [-0.39, 0.29) is 5.91 Å². The van der Waals surface area contributed by atoms with Crippen molar-refractivity contribution in [1.82, 2.24) is 9.97 Å². The number of hydrogen-bond acceptors (Lipinski definition) is 6. The van der Waals surface area contributed by atoms with Crippen molar-refractivity contribution < 1.29 is 18.7 Å². The van der Waals surface area contributed by atoms with Crippen LogP contribution in [0.1, 0.15) is 15.9 Å². The third kappa shape index (κ3) is 3.27. The van der Waals surface area contributed by atoms with Crippen LogP contribution in [0.4, 0.5) is 5.69 Å². The molecule has 0 saturated heterocycles. The molecule has 7 heteroatoms. The van der Waals surface area contributed by atoms with Crippen molar-refractivity contribution in [1.29, 1.82) is 0 Å². The van der Waals surface area contributed by atoms with Gasteiger partial charge in [-0.25, -0.2) is 4.98 Å². The van der Waals surface area contributed by atoms with Gasteiger partial charge in [-0.05, 0) is 61.0 Å². The number of oxazole rings is 1. The second kappa shape index (κ2) is 6.94. The van der Waals surface area contributed by atoms with E-state index < -0.39 is 0 Å². The Morgan fingerprint density at radius 1 is 1.03 bits per heavy atom. The summed E-state index contributed by atoms with van der Waals surface area (Å²) in [7, 11) is 0. The lowest BCUT2D eigenvalue weighted by atomic mass is 10.1. The zero-order chi connectivity index (χ0) is 19.8. The number of nitrogens with zero attached hydrogens (tertiary/aromatic N) is 2. The van der Waals surface area contributed by atoms with Crippen LogP contribution < -0.4 is 14.8 Å². The number of nitrogens with one attached hydrogen (secondary N) is 1. The van der Waals surface area contributed by atoms with E-state index in [1.807, 2.05) is 31.2 Å². The van der Waals surface area contributed by atoms with E-state index >= 15 is 0 Å². The van der Waals surface area contributed by atoms with Gasteiger partial charge in [0.2, 0.25) is 5.89 Å². The number of pyridine rings is 1. The fraction of sp³-hybridized carbons (Fsp3) is 0.136. The molecular weight excluding hydrogens is 370 g/mol. The number of carbonyl (C=O) groups excluding carboxylic acids is 1. The molecule has 3 heterocycles. The number of hydrogen-bond donors (Lipinski definition) is 1. The maximum absolute atomic E-state index is 12.7. The van der Waals surface area contributed by atoms with Gasteiger partial charge in [0.1, 0.15) is 13.2 Å². The van der Waals surface area contributed by atoms with Gasteiger partial charge in [-0.15, -0.1) is 0 Å². The Hall–Kier alpha value is -3.87. The van der Waals surface area contributed by atoms with Crippen LogP contribution in [0.5, 0.6) is 11.5 Å². The minimum absolute atomic E-state index is 0.219. The van der Waals surface area contributed by atoms with E-state index in [2.05, 4.69) is 15.3 Å². The molecule has 0 bridgehead atoms. The number of benzene rings is 2. The topological polar surface area (TPSA) is 86.5 Å². The molecule has 1 N–H and O–H groups in total. The molecule has 0 unspecified atom stereocenters. The highest BCUT2D eigenvalue weighted by Gasteiger charge is 2.16. The van der Waals surface area contributed by atoms with Crippen molar-refractivity contribution in [2.24, 2.45) is 0 Å². The molecule has 4 aromatic rings. The number of aromatic nitrogens is 2. The third-order valence-corrected chi connectivity index (χ3v) is 4.69. The smallest absolute Gasteiger partial charge is 0.255 e. The first-order chi connectivity index (χ1) is 14.2. The number of aryl methyl sites for hydroxylation is 1. The Labute approximate surface area is 166 Å². The highest BCUT2D eigenvalue weighted by Crippen LogP contribution is 2.31. The number of anilines is 1. The highest BCUT2D eigenvalue weighted by molar-refractivity contribution is 6.05. The first-order valence-electron chi connectivity index (χ1n) is 9.21. The van der Waals surface area contributed by atoms with Gasteiger partial charge in [-0.1, -0.05) is 0 Å². The van der Waals surface area contributed by atoms with E-state index in [9.17, 15) is 4.79 Å². The molecule has 0 fully saturated rings. The molecule has 144 valence electrons. The van der Waals surface area contributed by atoms with Gasteiger partial charge in [-0.2, -0.15) is 4.98 Å². The molecule has 2 aromatic carbocycles. The summed E-state index contributed by atoms with van der Waals surface area (Å²) in [5, 5.41) is 2.94. The Morgan fingerprint density at radius 2 is 1.90 bits per heavy atom. The average Bonchev–Trinajstić information content (AvgIpc) is 3.19. The van der Waals surface area contributed by atoms with Crippen LogP contribution in [0, 0.1) is 6.92 Å². The van der Waals surface area contributed by atoms with Crippen LogP contribution in [-0.4, -0.2) is 29.1 Å². The predicted molar refractivity (Wildman–Crippen MR) is 107 cm³/mol. The zero-order valence-corrected chi connectivity index (χ0v) is 15.6. The van der Waals surface area contributed by atoms with Crippen LogP contribution in [-0.2, 0) is 0 Å². The molecule has 29 heavy (non-hydrogen) atoms. The fourth-order valence-electron chi connectivity index (χ4n) is 3.21. The van der Waals surface area contributed by atoms with Gasteiger partial charge in [0.25, 0.3) is 5.91 Å². The summed E-state index contributed by atoms with van der Waals surface area (Å²) in [6.45, 7) is 2.91. The molecule has 1 aliphatic rings. The fourth-order valence-corrected chi connectivity index (χ4v) is 3.21. The number of amides is 1. The average molecular weight is 387 g/mol. The van der Waals surface area contributed by atoms with Gasteiger partial charge < -0.3 is 19.2 Å². The van der Waals surface area contributed by atoms with E-state index in [1.54, 1.807) is 30.5 Å². The van der Waals surface area contributed by atoms with Crippen LogP contribution in [0.25, 0.3) is 22.7 Å². The van der Waals surface area contributed by atoms with Crippen molar-refractivity contribution in [2.45, 2.75) is 6.92 Å². The summed E-state index contributed by atoms with van der Waals surface area (Å²) in [6.07, 6.45) is 1.68. The lowest BCUT2D eigenvalue weighted by molar-refractivity contribution is 0.102. The van der Waals surface area contributed by atoms with Crippen molar-refractivity contribution in [3.63, 3.8) is 0 Å². The number of ether oxygens (including phenoxy) is 2. The lowest BCUT2D eigenvalue weighted by Gasteiger charge is -2.18. The van der Waals surface area contributed by atoms with Crippen LogP contribution >= 0.6 is 0 Å². The summed E-state index contributed by atoms with van der Waals surface area (Å²) in [4.78, 5) is 21.3. The number of rotatable bonds is 3. The Bertz CT molecular complexity index is 1200. The summed E-state index contributed by atoms with van der Waals surface area (Å²) in [6, 6.07) is 14.4. The van der Waals surface area contributed by atoms with Crippen LogP contribution in [0.2, 0.25) is 0 Å². The minimum Gasteiger partial charge on any atom is -0.486 e. The summed E-state index contributed by atoms with van der Waals surface area (Å²) in [5.74, 6) is 1.51. The molecule has 0 aliphatic carbocycles. The molecule has 1 amide bonds. The Morgan fingerprint density at radius 3 is 2.72 bits per heavy atom. The maximum Gasteiger partial charge on any atom is 0.255 e. The first-order valence-corrected chi connectivity index (χ1v) is 9.21. The van der Waals surface area contributed by atoms with Gasteiger partial charge >= 0.3 is 0 Å². The molecule has 0 radical (unpaired) electrons. The Balaban J connectivity index is 1.38. The van der Waals surface area contributed by atoms with E-state index in [0.29, 0.717) is 53.1 Å². The molecule has 0 spiro atoms.